The van der Waals surface area contributed by atoms with Crippen LogP contribution in [0.3, 0.4) is 0 Å². The number of carbonyl (C=O) groups is 2. The summed E-state index contributed by atoms with van der Waals surface area (Å²) in [7, 11) is 1.60. The summed E-state index contributed by atoms with van der Waals surface area (Å²) in [6, 6.07) is 2.75. The molecule has 0 radical (unpaired) electrons. The van der Waals surface area contributed by atoms with E-state index >= 15 is 0 Å². The van der Waals surface area contributed by atoms with Crippen molar-refractivity contribution < 1.29 is 22.8 Å². The van der Waals surface area contributed by atoms with Crippen molar-refractivity contribution in [1.29, 1.82) is 0 Å². The quantitative estimate of drug-likeness (QED) is 0.528. The summed E-state index contributed by atoms with van der Waals surface area (Å²) in [5.41, 5.74) is -0.302. The van der Waals surface area contributed by atoms with E-state index < -0.39 is 23.7 Å². The molecule has 12 heteroatoms. The van der Waals surface area contributed by atoms with Crippen LogP contribution < -0.4 is 16.2 Å². The highest BCUT2D eigenvalue weighted by molar-refractivity contribution is 9.10. The maximum atomic E-state index is 13.8. The highest BCUT2D eigenvalue weighted by atomic mass is 79.9. The molecule has 1 aliphatic heterocycles. The van der Waals surface area contributed by atoms with Crippen molar-refractivity contribution in [2.75, 3.05) is 12.4 Å². The van der Waals surface area contributed by atoms with E-state index in [0.717, 1.165) is 6.07 Å². The summed E-state index contributed by atoms with van der Waals surface area (Å²) in [5, 5.41) is 5.91. The van der Waals surface area contributed by atoms with Crippen LogP contribution in [0.4, 0.5) is 19.1 Å². The number of nitrogens with zero attached hydrogens (tertiary/aromatic N) is 3. The summed E-state index contributed by atoms with van der Waals surface area (Å²) in [5.74, 6) is -0.417. The number of carbonyl (C=O) groups excluding carboxylic acids is 2. The van der Waals surface area contributed by atoms with Gasteiger partial charge >= 0.3 is 6.18 Å². The zero-order valence-corrected chi connectivity index (χ0v) is 23.2. The largest absolute Gasteiger partial charge is 0.417 e. The minimum Gasteiger partial charge on any atom is -0.359 e. The van der Waals surface area contributed by atoms with Crippen LogP contribution in [0.2, 0.25) is 0 Å². The molecule has 1 saturated carbocycles. The smallest absolute Gasteiger partial charge is 0.359 e. The van der Waals surface area contributed by atoms with Crippen LogP contribution in [-0.2, 0) is 23.9 Å². The number of hydrogen-bond donors (Lipinski definition) is 2. The molecular weight excluding hydrogens is 567 g/mol. The van der Waals surface area contributed by atoms with E-state index in [4.69, 9.17) is 4.98 Å². The van der Waals surface area contributed by atoms with E-state index in [1.54, 1.807) is 18.5 Å². The molecule has 0 bridgehead atoms. The monoisotopic (exact) mass is 597 g/mol. The van der Waals surface area contributed by atoms with Crippen molar-refractivity contribution in [1.82, 2.24) is 19.8 Å². The number of amides is 2. The van der Waals surface area contributed by atoms with Gasteiger partial charge in [0.1, 0.15) is 0 Å². The molecule has 3 atom stereocenters. The third-order valence-corrected chi connectivity index (χ3v) is 7.92. The molecule has 8 nitrogen and oxygen atoms in total. The van der Waals surface area contributed by atoms with Crippen molar-refractivity contribution in [2.24, 2.45) is 5.92 Å². The lowest BCUT2D eigenvalue weighted by atomic mass is 9.98. The van der Waals surface area contributed by atoms with Gasteiger partial charge in [0.15, 0.2) is 0 Å². The Balaban J connectivity index is 1.69. The standard InChI is InChI=1S/C26H31BrF3N5O3/c1-13(2)32-25-33-21-12-34(23(37)16-6-8-20(27)19(11-16)26(28,29)30)14(3)9-18(21)24(38)35(25)17-7-5-15(10-17)22(36)31-4/h6,8,11,13-15,17H,5,7,9-10,12H2,1-4H3,(H,31,36)(H,32,33)/t14-,15+,17-/m1/s1. The van der Waals surface area contributed by atoms with Gasteiger partial charge in [0.2, 0.25) is 11.9 Å². The van der Waals surface area contributed by atoms with Crippen LogP contribution in [-0.4, -0.2) is 45.4 Å². The molecule has 2 aliphatic rings. The van der Waals surface area contributed by atoms with Gasteiger partial charge in [-0.15, -0.1) is 0 Å². The number of aromatic nitrogens is 2. The Labute approximate surface area is 227 Å². The highest BCUT2D eigenvalue weighted by Crippen LogP contribution is 2.37. The molecule has 2 amide bonds. The molecule has 38 heavy (non-hydrogen) atoms. The fraction of sp³-hybridized carbons (Fsp3) is 0.538. The maximum absolute atomic E-state index is 13.8. The van der Waals surface area contributed by atoms with Crippen LogP contribution in [0.1, 0.15) is 73.3 Å². The van der Waals surface area contributed by atoms with E-state index in [1.165, 1.54) is 17.0 Å². The van der Waals surface area contributed by atoms with E-state index in [1.807, 2.05) is 13.8 Å². The van der Waals surface area contributed by atoms with Crippen LogP contribution in [0.15, 0.2) is 27.5 Å². The number of rotatable bonds is 5. The lowest BCUT2D eigenvalue weighted by molar-refractivity contribution is -0.138. The Hall–Kier alpha value is -2.89. The third-order valence-electron chi connectivity index (χ3n) is 7.23. The van der Waals surface area contributed by atoms with Crippen molar-refractivity contribution in [3.8, 4) is 0 Å². The average Bonchev–Trinajstić information content (AvgIpc) is 3.32. The summed E-state index contributed by atoms with van der Waals surface area (Å²) in [4.78, 5) is 45.5. The number of benzene rings is 1. The van der Waals surface area contributed by atoms with Crippen molar-refractivity contribution in [2.45, 2.75) is 77.3 Å². The Kier molecular flexibility index (Phi) is 7.92. The lowest BCUT2D eigenvalue weighted by Gasteiger charge is -2.35. The molecule has 2 N–H and O–H groups in total. The molecule has 1 fully saturated rings. The highest BCUT2D eigenvalue weighted by Gasteiger charge is 2.37. The van der Waals surface area contributed by atoms with Gasteiger partial charge in [0.05, 0.1) is 17.8 Å². The van der Waals surface area contributed by atoms with Gasteiger partial charge in [-0.05, 0) is 64.7 Å². The number of anilines is 1. The second-order valence-electron chi connectivity index (χ2n) is 10.3. The average molecular weight is 598 g/mol. The van der Waals surface area contributed by atoms with Crippen LogP contribution in [0, 0.1) is 5.92 Å². The Bertz CT molecular complexity index is 1310. The van der Waals surface area contributed by atoms with Gasteiger partial charge in [-0.1, -0.05) is 15.9 Å². The predicted molar refractivity (Wildman–Crippen MR) is 140 cm³/mol. The van der Waals surface area contributed by atoms with E-state index in [-0.39, 0.29) is 52.5 Å². The van der Waals surface area contributed by atoms with E-state index in [0.29, 0.717) is 36.5 Å². The molecule has 2 heterocycles. The second-order valence-corrected chi connectivity index (χ2v) is 11.1. The molecule has 0 unspecified atom stereocenters. The van der Waals surface area contributed by atoms with Gasteiger partial charge < -0.3 is 15.5 Å². The molecule has 4 rings (SSSR count). The van der Waals surface area contributed by atoms with Gasteiger partial charge in [0, 0.05) is 46.7 Å². The first kappa shape index (κ1) is 28.1. The molecule has 206 valence electrons. The first-order valence-electron chi connectivity index (χ1n) is 12.6. The fourth-order valence-electron chi connectivity index (χ4n) is 5.32. The normalized spacial score (nSPS) is 21.4. The van der Waals surface area contributed by atoms with Crippen LogP contribution >= 0.6 is 15.9 Å². The molecule has 1 aromatic carbocycles. The lowest BCUT2D eigenvalue weighted by Crippen LogP contribution is -2.46. The summed E-state index contributed by atoms with van der Waals surface area (Å²) in [6.07, 6.45) is -2.53. The van der Waals surface area contributed by atoms with E-state index in [9.17, 15) is 27.6 Å². The third kappa shape index (κ3) is 5.45. The van der Waals surface area contributed by atoms with Crippen molar-refractivity contribution in [3.63, 3.8) is 0 Å². The molecule has 0 spiro atoms. The summed E-state index contributed by atoms with van der Waals surface area (Å²) < 4.78 is 41.8. The Morgan fingerprint density at radius 1 is 1.21 bits per heavy atom. The first-order chi connectivity index (χ1) is 17.8. The first-order valence-corrected chi connectivity index (χ1v) is 13.4. The number of nitrogens with one attached hydrogen (secondary N) is 2. The topological polar surface area (TPSA) is 96.3 Å². The maximum Gasteiger partial charge on any atom is 0.417 e. The SMILES string of the molecule is CNC(=O)[C@H]1CC[C@@H](n2c(NC(C)C)nc3c(c2=O)C[C@@H](C)N(C(=O)c2ccc(Br)c(C(F)(F)F)c2)C3)C1. The number of alkyl halides is 3. The Morgan fingerprint density at radius 3 is 2.55 bits per heavy atom. The van der Waals surface area contributed by atoms with Crippen LogP contribution in [0.5, 0.6) is 0 Å². The van der Waals surface area contributed by atoms with Crippen molar-refractivity contribution >= 4 is 33.7 Å². The number of halogens is 4. The number of fused-ring (bicyclic) bond motifs is 1. The van der Waals surface area contributed by atoms with Gasteiger partial charge in [-0.25, -0.2) is 4.98 Å². The Morgan fingerprint density at radius 2 is 1.92 bits per heavy atom. The molecule has 0 saturated heterocycles. The molecular formula is C26H31BrF3N5O3. The van der Waals surface area contributed by atoms with Gasteiger partial charge in [0.25, 0.3) is 11.5 Å². The second kappa shape index (κ2) is 10.7. The van der Waals surface area contributed by atoms with Gasteiger partial charge in [-0.2, -0.15) is 13.2 Å². The van der Waals surface area contributed by atoms with E-state index in [2.05, 4.69) is 26.6 Å². The zero-order valence-electron chi connectivity index (χ0n) is 21.7. The molecule has 1 aromatic heterocycles. The minimum absolute atomic E-state index is 0.00113. The molecule has 2 aromatic rings. The minimum atomic E-state index is -4.61. The zero-order chi connectivity index (χ0) is 27.9. The predicted octanol–water partition coefficient (Wildman–Crippen LogP) is 4.52. The number of hydrogen-bond acceptors (Lipinski definition) is 5. The summed E-state index contributed by atoms with van der Waals surface area (Å²) in [6.45, 7) is 5.61. The van der Waals surface area contributed by atoms with Gasteiger partial charge in [-0.3, -0.25) is 19.0 Å². The van der Waals surface area contributed by atoms with Crippen LogP contribution in [0.25, 0.3) is 0 Å². The fourth-order valence-corrected chi connectivity index (χ4v) is 5.79. The summed E-state index contributed by atoms with van der Waals surface area (Å²) >= 11 is 2.91. The molecule has 1 aliphatic carbocycles. The van der Waals surface area contributed by atoms with Crippen molar-refractivity contribution in [3.05, 3.63) is 55.4 Å².